The van der Waals surface area contributed by atoms with Crippen molar-refractivity contribution < 1.29 is 0 Å². The van der Waals surface area contributed by atoms with Crippen molar-refractivity contribution in [2.24, 2.45) is 0 Å². The van der Waals surface area contributed by atoms with Crippen molar-refractivity contribution in [3.8, 4) is 0 Å². The molecule has 1 N–H and O–H groups in total. The fourth-order valence-electron chi connectivity index (χ4n) is 0.899. The molecule has 0 heterocycles. The van der Waals surface area contributed by atoms with E-state index in [1.54, 1.807) is 0 Å². The van der Waals surface area contributed by atoms with Gasteiger partial charge in [-0.1, -0.05) is 50.3 Å². The van der Waals surface area contributed by atoms with E-state index in [2.05, 4.69) is 43.1 Å². The van der Waals surface area contributed by atoms with Gasteiger partial charge in [0.05, 0.1) is 0 Å². The van der Waals surface area contributed by atoms with Gasteiger partial charge in [-0.05, 0) is 12.5 Å². The Labute approximate surface area is 81.5 Å². The average Bonchev–Trinajstić information content (AvgIpc) is 2.21. The van der Waals surface area contributed by atoms with Crippen LogP contribution in [-0.2, 0) is 0 Å². The van der Waals surface area contributed by atoms with Gasteiger partial charge >= 0.3 is 0 Å². The van der Waals surface area contributed by atoms with E-state index in [1.807, 2.05) is 20.9 Å². The first kappa shape index (κ1) is 11.8. The van der Waals surface area contributed by atoms with Gasteiger partial charge < -0.3 is 5.32 Å². The smallest absolute Gasteiger partial charge is 0.0338 e. The van der Waals surface area contributed by atoms with Gasteiger partial charge in [0.2, 0.25) is 0 Å². The molecule has 0 bridgehead atoms. The highest BCUT2D eigenvalue weighted by Gasteiger charge is 1.93. The first-order valence-electron chi connectivity index (χ1n) is 4.67. The molecule has 0 spiro atoms. The van der Waals surface area contributed by atoms with E-state index in [0.29, 0.717) is 0 Å². The molecular weight excluding hydrogens is 158 g/mol. The summed E-state index contributed by atoms with van der Waals surface area (Å²) in [6.45, 7) is 9.94. The van der Waals surface area contributed by atoms with Crippen LogP contribution in [0, 0.1) is 6.92 Å². The molecular formula is C12H19N. The predicted molar refractivity (Wildman–Crippen MR) is 60.6 cm³/mol. The van der Waals surface area contributed by atoms with Crippen LogP contribution in [0.25, 0.3) is 5.70 Å². The van der Waals surface area contributed by atoms with Crippen LogP contribution in [0.4, 0.5) is 0 Å². The molecule has 13 heavy (non-hydrogen) atoms. The lowest BCUT2D eigenvalue weighted by molar-refractivity contribution is 1.13. The molecule has 1 nitrogen and oxygen atoms in total. The minimum atomic E-state index is 0.963. The van der Waals surface area contributed by atoms with Crippen LogP contribution in [0.5, 0.6) is 0 Å². The summed E-state index contributed by atoms with van der Waals surface area (Å²) in [5, 5.41) is 3.01. The fourth-order valence-corrected chi connectivity index (χ4v) is 0.899. The molecule has 1 rings (SSSR count). The highest BCUT2D eigenvalue weighted by molar-refractivity contribution is 5.61. The molecule has 1 heteroatoms. The lowest BCUT2D eigenvalue weighted by atomic mass is 10.1. The SMILES string of the molecule is C=C(NC)c1ccc(C)cc1.CC. The van der Waals surface area contributed by atoms with Gasteiger partial charge in [-0.3, -0.25) is 0 Å². The van der Waals surface area contributed by atoms with E-state index in [-0.39, 0.29) is 0 Å². The van der Waals surface area contributed by atoms with Gasteiger partial charge in [0.25, 0.3) is 0 Å². The molecule has 0 unspecified atom stereocenters. The molecule has 0 aromatic heterocycles. The molecule has 0 fully saturated rings. The first-order chi connectivity index (χ1) is 6.24. The lowest BCUT2D eigenvalue weighted by Gasteiger charge is -2.03. The maximum atomic E-state index is 3.86. The van der Waals surface area contributed by atoms with Crippen LogP contribution in [-0.4, -0.2) is 7.05 Å². The summed E-state index contributed by atoms with van der Waals surface area (Å²) in [7, 11) is 1.88. The van der Waals surface area contributed by atoms with E-state index in [9.17, 15) is 0 Å². The largest absolute Gasteiger partial charge is 0.388 e. The number of aryl methyl sites for hydroxylation is 1. The molecule has 0 aliphatic carbocycles. The van der Waals surface area contributed by atoms with Crippen LogP contribution in [0.3, 0.4) is 0 Å². The Bertz CT molecular complexity index is 246. The molecule has 0 atom stereocenters. The van der Waals surface area contributed by atoms with Gasteiger partial charge in [-0.2, -0.15) is 0 Å². The Morgan fingerprint density at radius 2 is 1.62 bits per heavy atom. The molecule has 0 aliphatic rings. The summed E-state index contributed by atoms with van der Waals surface area (Å²) in [4.78, 5) is 0. The molecule has 72 valence electrons. The minimum Gasteiger partial charge on any atom is -0.388 e. The Morgan fingerprint density at radius 1 is 1.15 bits per heavy atom. The van der Waals surface area contributed by atoms with E-state index >= 15 is 0 Å². The second-order valence-corrected chi connectivity index (χ2v) is 2.59. The highest BCUT2D eigenvalue weighted by atomic mass is 14.8. The lowest BCUT2D eigenvalue weighted by Crippen LogP contribution is -2.02. The maximum Gasteiger partial charge on any atom is 0.0338 e. The third-order valence-electron chi connectivity index (χ3n) is 1.70. The van der Waals surface area contributed by atoms with Crippen molar-refractivity contribution >= 4 is 5.70 Å². The zero-order valence-corrected chi connectivity index (χ0v) is 9.02. The number of benzene rings is 1. The summed E-state index contributed by atoms with van der Waals surface area (Å²) < 4.78 is 0. The molecule has 1 aromatic rings. The minimum absolute atomic E-state index is 0.963. The summed E-state index contributed by atoms with van der Waals surface area (Å²) in [5.41, 5.74) is 3.39. The Hall–Kier alpha value is -1.24. The van der Waals surface area contributed by atoms with Gasteiger partial charge in [0.1, 0.15) is 0 Å². The second-order valence-electron chi connectivity index (χ2n) is 2.59. The van der Waals surface area contributed by atoms with Crippen LogP contribution >= 0.6 is 0 Å². The molecule has 0 radical (unpaired) electrons. The molecule has 0 saturated heterocycles. The van der Waals surface area contributed by atoms with Gasteiger partial charge in [-0.15, -0.1) is 0 Å². The van der Waals surface area contributed by atoms with Crippen molar-refractivity contribution in [2.75, 3.05) is 7.05 Å². The van der Waals surface area contributed by atoms with Crippen LogP contribution in [0.15, 0.2) is 30.8 Å². The predicted octanol–water partition coefficient (Wildman–Crippen LogP) is 3.21. The van der Waals surface area contributed by atoms with Gasteiger partial charge in [0.15, 0.2) is 0 Å². The summed E-state index contributed by atoms with van der Waals surface area (Å²) in [6.07, 6.45) is 0. The maximum absolute atomic E-state index is 3.86. The van der Waals surface area contributed by atoms with Crippen molar-refractivity contribution in [1.29, 1.82) is 0 Å². The van der Waals surface area contributed by atoms with E-state index < -0.39 is 0 Å². The Morgan fingerprint density at radius 3 is 2.00 bits per heavy atom. The highest BCUT2D eigenvalue weighted by Crippen LogP contribution is 2.09. The number of nitrogens with one attached hydrogen (secondary N) is 1. The van der Waals surface area contributed by atoms with Crippen molar-refractivity contribution in [2.45, 2.75) is 20.8 Å². The molecule has 0 saturated carbocycles. The zero-order chi connectivity index (χ0) is 10.3. The van der Waals surface area contributed by atoms with Crippen LogP contribution < -0.4 is 5.32 Å². The first-order valence-corrected chi connectivity index (χ1v) is 4.67. The normalized spacial score (nSPS) is 8.31. The van der Waals surface area contributed by atoms with Gasteiger partial charge in [0, 0.05) is 12.7 Å². The summed E-state index contributed by atoms with van der Waals surface area (Å²) in [5.74, 6) is 0. The standard InChI is InChI=1S/C10H13N.C2H6/c1-8-4-6-10(7-5-8)9(2)11-3;1-2/h4-7,11H,2H2,1,3H3;1-2H3. The topological polar surface area (TPSA) is 12.0 Å². The van der Waals surface area contributed by atoms with Crippen LogP contribution in [0.1, 0.15) is 25.0 Å². The van der Waals surface area contributed by atoms with Crippen molar-refractivity contribution in [3.05, 3.63) is 42.0 Å². The number of hydrogen-bond acceptors (Lipinski definition) is 1. The third-order valence-corrected chi connectivity index (χ3v) is 1.70. The third kappa shape index (κ3) is 3.79. The zero-order valence-electron chi connectivity index (χ0n) is 9.02. The van der Waals surface area contributed by atoms with Crippen molar-refractivity contribution in [3.63, 3.8) is 0 Å². The monoisotopic (exact) mass is 177 g/mol. The Balaban J connectivity index is 0.000000671. The van der Waals surface area contributed by atoms with Gasteiger partial charge in [-0.25, -0.2) is 0 Å². The summed E-state index contributed by atoms with van der Waals surface area (Å²) in [6, 6.07) is 8.29. The number of hydrogen-bond donors (Lipinski definition) is 1. The van der Waals surface area contributed by atoms with Crippen molar-refractivity contribution in [1.82, 2.24) is 5.32 Å². The quantitative estimate of drug-likeness (QED) is 0.731. The van der Waals surface area contributed by atoms with Crippen LogP contribution in [0.2, 0.25) is 0 Å². The molecule has 1 aromatic carbocycles. The molecule has 0 aliphatic heterocycles. The van der Waals surface area contributed by atoms with E-state index in [0.717, 1.165) is 11.3 Å². The second kappa shape index (κ2) is 6.30. The van der Waals surface area contributed by atoms with E-state index in [4.69, 9.17) is 0 Å². The summed E-state index contributed by atoms with van der Waals surface area (Å²) >= 11 is 0. The fraction of sp³-hybridized carbons (Fsp3) is 0.333. The molecule has 0 amide bonds. The Kier molecular flexibility index (Phi) is 5.69. The van der Waals surface area contributed by atoms with E-state index in [1.165, 1.54) is 5.56 Å². The average molecular weight is 177 g/mol. The number of rotatable bonds is 2.